The summed E-state index contributed by atoms with van der Waals surface area (Å²) in [5.74, 6) is 0.406. The topological polar surface area (TPSA) is 69.4 Å². The lowest BCUT2D eigenvalue weighted by Crippen LogP contribution is -2.00. The maximum absolute atomic E-state index is 11.5. The Morgan fingerprint density at radius 1 is 1.19 bits per heavy atom. The Morgan fingerprint density at radius 2 is 1.90 bits per heavy atom. The molecule has 0 saturated carbocycles. The number of nitrogens with zero attached hydrogens (tertiary/aromatic N) is 1. The van der Waals surface area contributed by atoms with Gasteiger partial charge in [0, 0.05) is 15.9 Å². The summed E-state index contributed by atoms with van der Waals surface area (Å²) in [6, 6.07) is 12.0. The molecule has 0 spiro atoms. The molecule has 0 aliphatic carbocycles. The third kappa shape index (κ3) is 3.61. The summed E-state index contributed by atoms with van der Waals surface area (Å²) < 4.78 is 5.15. The van der Waals surface area contributed by atoms with Crippen LogP contribution in [0, 0.1) is 10.1 Å². The number of ether oxygens (including phenoxy) is 1. The summed E-state index contributed by atoms with van der Waals surface area (Å²) in [5, 5.41) is 10.9. The Balaban J connectivity index is 2.34. The van der Waals surface area contributed by atoms with E-state index in [1.807, 2.05) is 24.3 Å². The molecule has 0 amide bonds. The van der Waals surface area contributed by atoms with Crippen molar-refractivity contribution in [3.63, 3.8) is 0 Å². The van der Waals surface area contributed by atoms with Crippen LogP contribution in [0.2, 0.25) is 0 Å². The third-order valence-corrected chi connectivity index (χ3v) is 3.80. The zero-order chi connectivity index (χ0) is 15.4. The molecular formula is C15H13NO4S. The molecule has 0 bridgehead atoms. The van der Waals surface area contributed by atoms with Crippen LogP contribution in [0.5, 0.6) is 5.75 Å². The van der Waals surface area contributed by atoms with Crippen LogP contribution in [0.3, 0.4) is 0 Å². The number of carbonyl (C=O) groups excluding carboxylic acids is 1. The second kappa shape index (κ2) is 6.41. The average Bonchev–Trinajstić information content (AvgIpc) is 2.47. The predicted octanol–water partition coefficient (Wildman–Crippen LogP) is 3.96. The van der Waals surface area contributed by atoms with Crippen LogP contribution < -0.4 is 4.74 Å². The summed E-state index contributed by atoms with van der Waals surface area (Å²) in [4.78, 5) is 23.6. The smallest absolute Gasteiger partial charge is 0.280 e. The van der Waals surface area contributed by atoms with Crippen LogP contribution >= 0.6 is 11.8 Å². The summed E-state index contributed by atoms with van der Waals surface area (Å²) in [6.45, 7) is 1.32. The van der Waals surface area contributed by atoms with Crippen molar-refractivity contribution >= 4 is 23.2 Å². The summed E-state index contributed by atoms with van der Waals surface area (Å²) >= 11 is 1.41. The van der Waals surface area contributed by atoms with Gasteiger partial charge < -0.3 is 4.74 Å². The van der Waals surface area contributed by atoms with E-state index in [2.05, 4.69) is 0 Å². The van der Waals surface area contributed by atoms with Gasteiger partial charge in [-0.1, -0.05) is 17.8 Å². The van der Waals surface area contributed by atoms with Crippen molar-refractivity contribution in [3.05, 3.63) is 58.1 Å². The Bertz CT molecular complexity index is 700. The molecule has 0 aromatic heterocycles. The van der Waals surface area contributed by atoms with Crippen molar-refractivity contribution in [1.29, 1.82) is 0 Å². The van der Waals surface area contributed by atoms with Crippen molar-refractivity contribution in [2.24, 2.45) is 0 Å². The van der Waals surface area contributed by atoms with E-state index in [0.29, 0.717) is 0 Å². The minimum atomic E-state index is -0.545. The number of hydrogen-bond donors (Lipinski definition) is 0. The second-order valence-corrected chi connectivity index (χ2v) is 5.42. The molecule has 0 unspecified atom stereocenters. The minimum absolute atomic E-state index is 0.118. The van der Waals surface area contributed by atoms with E-state index in [1.165, 1.54) is 24.8 Å². The molecular weight excluding hydrogens is 290 g/mol. The Hall–Kier alpha value is -2.34. The van der Waals surface area contributed by atoms with E-state index in [9.17, 15) is 14.9 Å². The molecule has 5 nitrogen and oxygen atoms in total. The lowest BCUT2D eigenvalue weighted by Gasteiger charge is -2.06. The molecule has 108 valence electrons. The van der Waals surface area contributed by atoms with Crippen LogP contribution in [0.15, 0.2) is 52.3 Å². The normalized spacial score (nSPS) is 10.2. The molecule has 21 heavy (non-hydrogen) atoms. The third-order valence-electron chi connectivity index (χ3n) is 2.82. The van der Waals surface area contributed by atoms with Crippen molar-refractivity contribution in [2.45, 2.75) is 16.7 Å². The number of ketones is 1. The number of carbonyl (C=O) groups is 1. The van der Waals surface area contributed by atoms with Gasteiger partial charge in [-0.2, -0.15) is 0 Å². The fraction of sp³-hybridized carbons (Fsp3) is 0.133. The molecule has 2 rings (SSSR count). The van der Waals surface area contributed by atoms with Crippen LogP contribution in [0.25, 0.3) is 0 Å². The highest BCUT2D eigenvalue weighted by atomic mass is 32.2. The Kier molecular flexibility index (Phi) is 4.59. The molecule has 6 heteroatoms. The van der Waals surface area contributed by atoms with E-state index in [4.69, 9.17) is 4.74 Å². The van der Waals surface area contributed by atoms with Gasteiger partial charge in [-0.15, -0.1) is 0 Å². The molecule has 0 fully saturated rings. The zero-order valence-corrected chi connectivity index (χ0v) is 12.3. The molecule has 2 aromatic rings. The zero-order valence-electron chi connectivity index (χ0n) is 11.5. The highest BCUT2D eigenvalue weighted by Crippen LogP contribution is 2.33. The number of methoxy groups -OCH3 is 1. The summed E-state index contributed by atoms with van der Waals surface area (Å²) in [6.07, 6.45) is 0. The number of nitro groups is 1. The van der Waals surface area contributed by atoms with Crippen molar-refractivity contribution in [3.8, 4) is 5.75 Å². The van der Waals surface area contributed by atoms with Crippen molar-refractivity contribution < 1.29 is 14.5 Å². The van der Waals surface area contributed by atoms with Crippen LogP contribution in [0.1, 0.15) is 17.3 Å². The van der Waals surface area contributed by atoms with E-state index >= 15 is 0 Å². The Morgan fingerprint density at radius 3 is 2.52 bits per heavy atom. The van der Waals surface area contributed by atoms with E-state index in [0.717, 1.165) is 15.5 Å². The molecule has 0 radical (unpaired) electrons. The standard InChI is InChI=1S/C15H13NO4S/c1-10(17)14-9-13(6-7-15(14)16(18)19)21-12-5-3-4-11(8-12)20-2/h3-9H,1-2H3. The highest BCUT2D eigenvalue weighted by Gasteiger charge is 2.17. The van der Waals surface area contributed by atoms with Gasteiger partial charge in [-0.05, 0) is 37.3 Å². The van der Waals surface area contributed by atoms with Gasteiger partial charge in [0.05, 0.1) is 17.6 Å². The molecule has 0 heterocycles. The van der Waals surface area contributed by atoms with Gasteiger partial charge in [-0.3, -0.25) is 14.9 Å². The highest BCUT2D eigenvalue weighted by molar-refractivity contribution is 7.99. The maximum atomic E-state index is 11.5. The van der Waals surface area contributed by atoms with Gasteiger partial charge in [0.15, 0.2) is 5.78 Å². The first-order valence-electron chi connectivity index (χ1n) is 6.12. The molecule has 0 aliphatic rings. The molecule has 0 saturated heterocycles. The van der Waals surface area contributed by atoms with Gasteiger partial charge in [0.2, 0.25) is 0 Å². The maximum Gasteiger partial charge on any atom is 0.280 e. The largest absolute Gasteiger partial charge is 0.497 e. The first-order valence-corrected chi connectivity index (χ1v) is 6.94. The van der Waals surface area contributed by atoms with E-state index in [1.54, 1.807) is 19.2 Å². The van der Waals surface area contributed by atoms with Gasteiger partial charge in [-0.25, -0.2) is 0 Å². The second-order valence-electron chi connectivity index (χ2n) is 4.27. The number of hydrogen-bond acceptors (Lipinski definition) is 5. The first-order chi connectivity index (χ1) is 10.0. The van der Waals surface area contributed by atoms with Crippen LogP contribution in [0.4, 0.5) is 5.69 Å². The number of rotatable bonds is 5. The number of benzene rings is 2. The minimum Gasteiger partial charge on any atom is -0.497 e. The summed E-state index contributed by atoms with van der Waals surface area (Å²) in [5.41, 5.74) is -0.0506. The van der Waals surface area contributed by atoms with Gasteiger partial charge in [0.25, 0.3) is 5.69 Å². The summed E-state index contributed by atoms with van der Waals surface area (Å²) in [7, 11) is 1.59. The molecule has 0 atom stereocenters. The van der Waals surface area contributed by atoms with Crippen molar-refractivity contribution in [1.82, 2.24) is 0 Å². The Labute approximate surface area is 126 Å². The number of nitro benzene ring substituents is 1. The molecule has 0 aliphatic heterocycles. The fourth-order valence-electron chi connectivity index (χ4n) is 1.82. The lowest BCUT2D eigenvalue weighted by atomic mass is 10.1. The van der Waals surface area contributed by atoms with Gasteiger partial charge in [0.1, 0.15) is 5.75 Å². The fourth-order valence-corrected chi connectivity index (χ4v) is 2.73. The lowest BCUT2D eigenvalue weighted by molar-refractivity contribution is -0.385. The van der Waals surface area contributed by atoms with E-state index in [-0.39, 0.29) is 17.0 Å². The van der Waals surface area contributed by atoms with Crippen molar-refractivity contribution in [2.75, 3.05) is 7.11 Å². The van der Waals surface area contributed by atoms with Crippen LogP contribution in [-0.2, 0) is 0 Å². The predicted molar refractivity (Wildman–Crippen MR) is 80.2 cm³/mol. The average molecular weight is 303 g/mol. The number of Topliss-reactive ketones (excluding diaryl/α,β-unsaturated/α-hetero) is 1. The quantitative estimate of drug-likeness (QED) is 0.475. The van der Waals surface area contributed by atoms with Gasteiger partial charge >= 0.3 is 0 Å². The first kappa shape index (κ1) is 15.1. The monoisotopic (exact) mass is 303 g/mol. The van der Waals surface area contributed by atoms with Crippen LogP contribution in [-0.4, -0.2) is 17.8 Å². The molecule has 2 aromatic carbocycles. The molecule has 0 N–H and O–H groups in total. The van der Waals surface area contributed by atoms with E-state index < -0.39 is 4.92 Å². The SMILES string of the molecule is COc1cccc(Sc2ccc([N+](=O)[O-])c(C(C)=O)c2)c1.